The number of aromatic nitrogens is 1. The van der Waals surface area contributed by atoms with Gasteiger partial charge in [-0.3, -0.25) is 0 Å². The Morgan fingerprint density at radius 3 is 2.81 bits per heavy atom. The lowest BCUT2D eigenvalue weighted by Crippen LogP contribution is -2.35. The first-order valence-electron chi connectivity index (χ1n) is 9.75. The molecule has 1 aliphatic heterocycles. The summed E-state index contributed by atoms with van der Waals surface area (Å²) in [4.78, 5) is 3.74. The quantitative estimate of drug-likeness (QED) is 0.490. The highest BCUT2D eigenvalue weighted by atomic mass is 79.9. The highest BCUT2D eigenvalue weighted by molar-refractivity contribution is 9.10. The molecule has 1 N–H and O–H groups in total. The zero-order valence-electron chi connectivity index (χ0n) is 14.9. The van der Waals surface area contributed by atoms with Gasteiger partial charge in [-0.2, -0.15) is 0 Å². The highest BCUT2D eigenvalue weighted by Gasteiger charge is 2.41. The second-order valence-corrected chi connectivity index (χ2v) is 8.72. The van der Waals surface area contributed by atoms with E-state index < -0.39 is 0 Å². The van der Waals surface area contributed by atoms with E-state index in [-0.39, 0.29) is 5.60 Å². The molecule has 2 atom stereocenters. The van der Waals surface area contributed by atoms with E-state index in [2.05, 4.69) is 69.4 Å². The highest BCUT2D eigenvalue weighted by Crippen LogP contribution is 2.47. The average Bonchev–Trinajstić information content (AvgIpc) is 2.91. The molecule has 1 spiro atoms. The van der Waals surface area contributed by atoms with Gasteiger partial charge in [0.15, 0.2) is 0 Å². The van der Waals surface area contributed by atoms with E-state index in [1.807, 2.05) is 0 Å². The second-order valence-electron chi connectivity index (χ2n) is 7.80. The minimum Gasteiger partial charge on any atom is -0.368 e. The number of nitrogens with one attached hydrogen (secondary N) is 1. The zero-order chi connectivity index (χ0) is 17.6. The Morgan fingerprint density at radius 2 is 1.92 bits per heavy atom. The molecule has 1 saturated carbocycles. The molecule has 5 rings (SSSR count). The van der Waals surface area contributed by atoms with Crippen LogP contribution in [0.3, 0.4) is 0 Å². The molecule has 134 valence electrons. The van der Waals surface area contributed by atoms with Crippen LogP contribution in [-0.2, 0) is 16.8 Å². The molecule has 0 saturated heterocycles. The van der Waals surface area contributed by atoms with Crippen LogP contribution in [0, 0.1) is 0 Å². The number of aromatic amines is 1. The van der Waals surface area contributed by atoms with E-state index in [0.29, 0.717) is 5.92 Å². The molecule has 2 nitrogen and oxygen atoms in total. The third-order valence-corrected chi connectivity index (χ3v) is 6.85. The monoisotopic (exact) mass is 409 g/mol. The third kappa shape index (κ3) is 2.73. The fourth-order valence-corrected chi connectivity index (χ4v) is 5.41. The molecule has 26 heavy (non-hydrogen) atoms. The Hall–Kier alpha value is -1.58. The first kappa shape index (κ1) is 16.6. The number of benzene rings is 2. The molecule has 2 aromatic carbocycles. The van der Waals surface area contributed by atoms with Crippen molar-refractivity contribution in [1.82, 2.24) is 4.98 Å². The Morgan fingerprint density at radius 1 is 1.04 bits per heavy atom. The number of rotatable bonds is 1. The van der Waals surface area contributed by atoms with E-state index >= 15 is 0 Å². The largest absolute Gasteiger partial charge is 0.368 e. The van der Waals surface area contributed by atoms with Crippen LogP contribution in [0.4, 0.5) is 0 Å². The molecule has 0 bridgehead atoms. The molecule has 2 heterocycles. The van der Waals surface area contributed by atoms with Gasteiger partial charge >= 0.3 is 0 Å². The smallest absolute Gasteiger partial charge is 0.108 e. The Bertz CT molecular complexity index is 932. The molecule has 1 aromatic heterocycles. The van der Waals surface area contributed by atoms with Gasteiger partial charge in [-0.25, -0.2) is 0 Å². The average molecular weight is 410 g/mol. The van der Waals surface area contributed by atoms with E-state index in [4.69, 9.17) is 4.74 Å². The summed E-state index contributed by atoms with van der Waals surface area (Å²) in [6, 6.07) is 17.6. The van der Waals surface area contributed by atoms with E-state index in [0.717, 1.165) is 30.3 Å². The minimum absolute atomic E-state index is 0.122. The summed E-state index contributed by atoms with van der Waals surface area (Å²) in [5.41, 5.74) is 5.44. The topological polar surface area (TPSA) is 25.0 Å². The van der Waals surface area contributed by atoms with Gasteiger partial charge in [0.05, 0.1) is 12.3 Å². The molecule has 1 aliphatic carbocycles. The SMILES string of the molecule is Brc1ccc2[nH]c3c(c2c1)CCOC31CCCC(c2ccccc2)CC1. The van der Waals surface area contributed by atoms with Crippen LogP contribution in [0.15, 0.2) is 53.0 Å². The predicted molar refractivity (Wildman–Crippen MR) is 110 cm³/mol. The van der Waals surface area contributed by atoms with Crippen LogP contribution in [0.1, 0.15) is 54.8 Å². The number of ether oxygens (including phenoxy) is 1. The zero-order valence-corrected chi connectivity index (χ0v) is 16.5. The maximum atomic E-state index is 6.51. The molecule has 0 radical (unpaired) electrons. The number of hydrogen-bond donors (Lipinski definition) is 1. The summed E-state index contributed by atoms with van der Waals surface area (Å²) >= 11 is 3.63. The maximum absolute atomic E-state index is 6.51. The number of fused-ring (bicyclic) bond motifs is 4. The van der Waals surface area contributed by atoms with Gasteiger partial charge in [0.1, 0.15) is 5.60 Å². The Labute approximate surface area is 163 Å². The van der Waals surface area contributed by atoms with Gasteiger partial charge in [0.25, 0.3) is 0 Å². The van der Waals surface area contributed by atoms with Crippen LogP contribution in [-0.4, -0.2) is 11.6 Å². The molecule has 3 heteroatoms. The van der Waals surface area contributed by atoms with E-state index in [1.165, 1.54) is 47.0 Å². The summed E-state index contributed by atoms with van der Waals surface area (Å²) in [6.45, 7) is 0.836. The third-order valence-electron chi connectivity index (χ3n) is 6.36. The van der Waals surface area contributed by atoms with Crippen LogP contribution in [0.25, 0.3) is 10.9 Å². The van der Waals surface area contributed by atoms with Gasteiger partial charge in [-0.1, -0.05) is 46.3 Å². The predicted octanol–water partition coefficient (Wildman–Crippen LogP) is 6.45. The van der Waals surface area contributed by atoms with Crippen molar-refractivity contribution >= 4 is 26.8 Å². The standard InChI is InChI=1S/C23H24BrNO/c24-18-8-9-21-20(15-18)19-11-14-26-23(22(19)25-21)12-4-7-17(10-13-23)16-5-2-1-3-6-16/h1-3,5-6,8-9,15,17,25H,4,7,10-14H2. The van der Waals surface area contributed by atoms with Crippen LogP contribution in [0.5, 0.6) is 0 Å². The van der Waals surface area contributed by atoms with Gasteiger partial charge in [-0.05, 0) is 73.8 Å². The lowest BCUT2D eigenvalue weighted by molar-refractivity contribution is -0.0739. The first-order valence-corrected chi connectivity index (χ1v) is 10.5. The molecule has 1 fully saturated rings. The molecule has 2 unspecified atom stereocenters. The molecule has 0 amide bonds. The Balaban J connectivity index is 1.52. The number of H-pyrrole nitrogens is 1. The van der Waals surface area contributed by atoms with Gasteiger partial charge in [0.2, 0.25) is 0 Å². The summed E-state index contributed by atoms with van der Waals surface area (Å²) in [5, 5.41) is 1.36. The van der Waals surface area contributed by atoms with Crippen molar-refractivity contribution in [3.63, 3.8) is 0 Å². The van der Waals surface area contributed by atoms with Crippen molar-refractivity contribution in [2.24, 2.45) is 0 Å². The minimum atomic E-state index is -0.122. The Kier molecular flexibility index (Phi) is 4.17. The van der Waals surface area contributed by atoms with E-state index in [9.17, 15) is 0 Å². The van der Waals surface area contributed by atoms with Crippen LogP contribution < -0.4 is 0 Å². The molecular formula is C23H24BrNO. The molecular weight excluding hydrogens is 386 g/mol. The first-order chi connectivity index (χ1) is 12.8. The van der Waals surface area contributed by atoms with Gasteiger partial charge in [0, 0.05) is 15.4 Å². The number of halogens is 1. The van der Waals surface area contributed by atoms with Crippen LogP contribution in [0.2, 0.25) is 0 Å². The summed E-state index contributed by atoms with van der Waals surface area (Å²) < 4.78 is 7.66. The summed E-state index contributed by atoms with van der Waals surface area (Å²) in [6.07, 6.45) is 6.91. The summed E-state index contributed by atoms with van der Waals surface area (Å²) in [7, 11) is 0. The van der Waals surface area contributed by atoms with E-state index in [1.54, 1.807) is 0 Å². The van der Waals surface area contributed by atoms with Crippen molar-refractivity contribution in [3.8, 4) is 0 Å². The second kappa shape index (κ2) is 6.54. The summed E-state index contributed by atoms with van der Waals surface area (Å²) in [5.74, 6) is 0.656. The van der Waals surface area contributed by atoms with Crippen LogP contribution >= 0.6 is 15.9 Å². The normalized spacial score (nSPS) is 26.0. The van der Waals surface area contributed by atoms with Gasteiger partial charge in [-0.15, -0.1) is 0 Å². The van der Waals surface area contributed by atoms with Crippen molar-refractivity contribution in [3.05, 3.63) is 69.8 Å². The van der Waals surface area contributed by atoms with Crippen molar-refractivity contribution in [2.45, 2.75) is 50.0 Å². The maximum Gasteiger partial charge on any atom is 0.108 e. The van der Waals surface area contributed by atoms with Crippen molar-refractivity contribution < 1.29 is 4.74 Å². The molecule has 2 aliphatic rings. The fourth-order valence-electron chi connectivity index (χ4n) is 5.05. The lowest BCUT2D eigenvalue weighted by atomic mass is 9.84. The van der Waals surface area contributed by atoms with Gasteiger partial charge < -0.3 is 9.72 Å². The molecule has 3 aromatic rings. The fraction of sp³-hybridized carbons (Fsp3) is 0.391. The van der Waals surface area contributed by atoms with Crippen molar-refractivity contribution in [2.75, 3.05) is 6.61 Å². The van der Waals surface area contributed by atoms with Crippen molar-refractivity contribution in [1.29, 1.82) is 0 Å². The lowest BCUT2D eigenvalue weighted by Gasteiger charge is -2.37. The number of hydrogen-bond acceptors (Lipinski definition) is 1.